The Kier molecular flexibility index (Phi) is 6.78. The van der Waals surface area contributed by atoms with Crippen LogP contribution in [0.1, 0.15) is 63.9 Å². The van der Waals surface area contributed by atoms with Crippen molar-refractivity contribution >= 4 is 0 Å². The van der Waals surface area contributed by atoms with Gasteiger partial charge in [-0.15, -0.1) is 0 Å². The molecule has 0 bridgehead atoms. The van der Waals surface area contributed by atoms with Crippen molar-refractivity contribution in [3.05, 3.63) is 83.2 Å². The second kappa shape index (κ2) is 8.82. The van der Waals surface area contributed by atoms with Crippen LogP contribution in [-0.4, -0.2) is 0 Å². The van der Waals surface area contributed by atoms with Crippen LogP contribution in [0.15, 0.2) is 71.9 Å². The summed E-state index contributed by atoms with van der Waals surface area (Å²) in [6, 6.07) is 7.15. The average molecular weight is 324 g/mol. The fraction of sp³-hybridized carbons (Fsp3) is 0.391. The minimum atomic E-state index is -0.123. The molecule has 0 spiro atoms. The van der Waals surface area contributed by atoms with Gasteiger partial charge in [0.25, 0.3) is 0 Å². The van der Waals surface area contributed by atoms with Gasteiger partial charge in [-0.2, -0.15) is 0 Å². The molecule has 1 aromatic carbocycles. The van der Waals surface area contributed by atoms with Crippen LogP contribution in [0.25, 0.3) is 0 Å². The first-order valence-corrected chi connectivity index (χ1v) is 8.94. The van der Waals surface area contributed by atoms with Crippen LogP contribution in [0, 0.1) is 5.82 Å². The lowest BCUT2D eigenvalue weighted by atomic mass is 9.81. The molecule has 1 aliphatic carbocycles. The van der Waals surface area contributed by atoms with Gasteiger partial charge < -0.3 is 0 Å². The van der Waals surface area contributed by atoms with Crippen LogP contribution in [-0.2, 0) is 0 Å². The maximum Gasteiger partial charge on any atom is 0.127 e. The molecule has 0 radical (unpaired) electrons. The minimum absolute atomic E-state index is 0.0446. The van der Waals surface area contributed by atoms with Crippen molar-refractivity contribution < 1.29 is 4.39 Å². The normalized spacial score (nSPS) is 23.9. The molecule has 0 nitrogen and oxygen atoms in total. The van der Waals surface area contributed by atoms with E-state index in [0.29, 0.717) is 0 Å². The lowest BCUT2D eigenvalue weighted by Gasteiger charge is -2.24. The summed E-state index contributed by atoms with van der Waals surface area (Å²) in [4.78, 5) is 0. The quantitative estimate of drug-likeness (QED) is 0.405. The van der Waals surface area contributed by atoms with Crippen molar-refractivity contribution in [1.29, 1.82) is 0 Å². The van der Waals surface area contributed by atoms with Gasteiger partial charge in [-0.05, 0) is 63.2 Å². The van der Waals surface area contributed by atoms with Gasteiger partial charge in [0, 0.05) is 5.92 Å². The minimum Gasteiger partial charge on any atom is -0.207 e. The second-order valence-electron chi connectivity index (χ2n) is 6.90. The number of rotatable bonds is 3. The highest BCUT2D eigenvalue weighted by Gasteiger charge is 2.21. The van der Waals surface area contributed by atoms with E-state index in [2.05, 4.69) is 33.1 Å². The third kappa shape index (κ3) is 4.80. The van der Waals surface area contributed by atoms with Crippen LogP contribution in [0.2, 0.25) is 0 Å². The molecule has 1 aliphatic rings. The molecule has 0 aromatic heterocycles. The summed E-state index contributed by atoms with van der Waals surface area (Å²) < 4.78 is 14.4. The summed E-state index contributed by atoms with van der Waals surface area (Å²) >= 11 is 0. The highest BCUT2D eigenvalue weighted by atomic mass is 19.1. The Morgan fingerprint density at radius 3 is 2.58 bits per heavy atom. The Morgan fingerprint density at radius 1 is 1.17 bits per heavy atom. The lowest BCUT2D eigenvalue weighted by Crippen LogP contribution is -2.08. The Balaban J connectivity index is 2.46. The first-order valence-electron chi connectivity index (χ1n) is 8.94. The highest BCUT2D eigenvalue weighted by molar-refractivity contribution is 5.38. The monoisotopic (exact) mass is 324 g/mol. The van der Waals surface area contributed by atoms with Crippen molar-refractivity contribution in [2.24, 2.45) is 0 Å². The van der Waals surface area contributed by atoms with E-state index < -0.39 is 0 Å². The average Bonchev–Trinajstić information content (AvgIpc) is 2.58. The molecule has 0 aliphatic heterocycles. The number of hydrogen-bond donors (Lipinski definition) is 0. The SMILES string of the molecule is C=C/C(C)=C/C1=C(\C)CCCCCC(=C)C(c2ccccc2F)C1. The van der Waals surface area contributed by atoms with E-state index in [1.54, 1.807) is 12.1 Å². The zero-order valence-corrected chi connectivity index (χ0v) is 15.1. The zero-order chi connectivity index (χ0) is 17.5. The molecule has 0 heterocycles. The van der Waals surface area contributed by atoms with Crippen molar-refractivity contribution in [3.8, 4) is 0 Å². The van der Waals surface area contributed by atoms with Crippen LogP contribution in [0.4, 0.5) is 4.39 Å². The van der Waals surface area contributed by atoms with Crippen molar-refractivity contribution in [2.75, 3.05) is 0 Å². The standard InChI is InChI=1S/C23H29F/c1-5-17(2)15-20-16-22(21-13-9-10-14-23(21)24)19(4)12-8-6-7-11-18(20)3/h5,9-10,13-15,22H,1,4,6-8,11-12,16H2,2-3H3/b17-15+,20-18-. The number of halogens is 1. The number of allylic oxidation sites excluding steroid dienone is 6. The summed E-state index contributed by atoms with van der Waals surface area (Å²) in [5.74, 6) is -0.0785. The van der Waals surface area contributed by atoms with E-state index in [1.807, 2.05) is 18.2 Å². The van der Waals surface area contributed by atoms with Crippen molar-refractivity contribution in [2.45, 2.75) is 58.3 Å². The molecule has 0 saturated heterocycles. The van der Waals surface area contributed by atoms with E-state index in [0.717, 1.165) is 42.4 Å². The van der Waals surface area contributed by atoms with Gasteiger partial charge >= 0.3 is 0 Å². The molecule has 1 unspecified atom stereocenters. The molecule has 0 amide bonds. The summed E-state index contributed by atoms with van der Waals surface area (Å²) in [5, 5.41) is 0. The first kappa shape index (κ1) is 18.4. The lowest BCUT2D eigenvalue weighted by molar-refractivity contribution is 0.576. The largest absolute Gasteiger partial charge is 0.207 e. The van der Waals surface area contributed by atoms with E-state index >= 15 is 0 Å². The van der Waals surface area contributed by atoms with Gasteiger partial charge in [0.15, 0.2) is 0 Å². The Hall–Kier alpha value is -1.89. The summed E-state index contributed by atoms with van der Waals surface area (Å²) in [6.45, 7) is 12.5. The van der Waals surface area contributed by atoms with E-state index in [-0.39, 0.29) is 11.7 Å². The second-order valence-corrected chi connectivity index (χ2v) is 6.90. The number of hydrogen-bond acceptors (Lipinski definition) is 0. The molecular weight excluding hydrogens is 295 g/mol. The maximum atomic E-state index is 14.4. The fourth-order valence-electron chi connectivity index (χ4n) is 3.40. The van der Waals surface area contributed by atoms with Gasteiger partial charge in [-0.25, -0.2) is 4.39 Å². The molecule has 0 saturated carbocycles. The van der Waals surface area contributed by atoms with Gasteiger partial charge in [-0.3, -0.25) is 0 Å². The molecule has 24 heavy (non-hydrogen) atoms. The third-order valence-corrected chi connectivity index (χ3v) is 5.02. The van der Waals surface area contributed by atoms with E-state index in [4.69, 9.17) is 0 Å². The molecule has 1 heteroatoms. The number of benzene rings is 1. The van der Waals surface area contributed by atoms with Crippen LogP contribution in [0.3, 0.4) is 0 Å². The highest BCUT2D eigenvalue weighted by Crippen LogP contribution is 2.37. The van der Waals surface area contributed by atoms with Crippen LogP contribution in [0.5, 0.6) is 0 Å². The molecule has 2 rings (SSSR count). The predicted octanol–water partition coefficient (Wildman–Crippen LogP) is 7.27. The fourth-order valence-corrected chi connectivity index (χ4v) is 3.40. The van der Waals surface area contributed by atoms with E-state index in [1.165, 1.54) is 24.0 Å². The summed E-state index contributed by atoms with van der Waals surface area (Å²) in [5.41, 5.74) is 5.80. The van der Waals surface area contributed by atoms with Crippen LogP contribution < -0.4 is 0 Å². The molecule has 1 atom stereocenters. The van der Waals surface area contributed by atoms with Crippen molar-refractivity contribution in [3.63, 3.8) is 0 Å². The smallest absolute Gasteiger partial charge is 0.127 e. The first-order chi connectivity index (χ1) is 11.5. The molecule has 1 aromatic rings. The summed E-state index contributed by atoms with van der Waals surface area (Å²) in [6.07, 6.45) is 10.6. The zero-order valence-electron chi connectivity index (χ0n) is 15.1. The predicted molar refractivity (Wildman–Crippen MR) is 103 cm³/mol. The van der Waals surface area contributed by atoms with E-state index in [9.17, 15) is 4.39 Å². The Labute approximate surface area is 146 Å². The summed E-state index contributed by atoms with van der Waals surface area (Å²) in [7, 11) is 0. The van der Waals surface area contributed by atoms with Crippen LogP contribution >= 0.6 is 0 Å². The molecule has 128 valence electrons. The topological polar surface area (TPSA) is 0 Å². The molecule has 0 N–H and O–H groups in total. The van der Waals surface area contributed by atoms with Gasteiger partial charge in [-0.1, -0.05) is 66.6 Å². The third-order valence-electron chi connectivity index (χ3n) is 5.02. The maximum absolute atomic E-state index is 14.4. The van der Waals surface area contributed by atoms with Gasteiger partial charge in [0.2, 0.25) is 0 Å². The Bertz CT molecular complexity index is 660. The molecule has 0 fully saturated rings. The molecular formula is C23H29F. The van der Waals surface area contributed by atoms with Gasteiger partial charge in [0.05, 0.1) is 0 Å². The van der Waals surface area contributed by atoms with Crippen molar-refractivity contribution in [1.82, 2.24) is 0 Å². The Morgan fingerprint density at radius 2 is 1.88 bits per heavy atom. The van der Waals surface area contributed by atoms with Gasteiger partial charge in [0.1, 0.15) is 5.82 Å².